The van der Waals surface area contributed by atoms with Gasteiger partial charge in [-0.1, -0.05) is 26.0 Å². The zero-order valence-electron chi connectivity index (χ0n) is 22.4. The lowest BCUT2D eigenvalue weighted by atomic mass is 10.0. The summed E-state index contributed by atoms with van der Waals surface area (Å²) in [5.74, 6) is -1.23. The highest BCUT2D eigenvalue weighted by Crippen LogP contribution is 2.19. The van der Waals surface area contributed by atoms with Crippen molar-refractivity contribution >= 4 is 35.0 Å². The first kappa shape index (κ1) is 29.1. The van der Waals surface area contributed by atoms with Crippen LogP contribution in [-0.2, 0) is 20.8 Å². The smallest absolute Gasteiger partial charge is 0.255 e. The standard InChI is InChI=1S/C27H37N5O5S/c1-17(2)14-21-27(36)32(4)12-13-37-22-9-6-5-8-19(22)25(34)31-20(15-23(33)30-21)26(35)28-11-7-10-24-29-18(3)16-38-24/h5-6,8-9,16-17,20-21H,7,10-15H2,1-4H3,(H,28,35)(H,30,33)(H,31,34)/t20-,21+/m0/s1. The minimum absolute atomic E-state index is 0.153. The second kappa shape index (κ2) is 13.9. The molecule has 2 atom stereocenters. The van der Waals surface area contributed by atoms with Gasteiger partial charge in [-0.2, -0.15) is 0 Å². The summed E-state index contributed by atoms with van der Waals surface area (Å²) < 4.78 is 5.83. The lowest BCUT2D eigenvalue weighted by Gasteiger charge is -2.27. The predicted molar refractivity (Wildman–Crippen MR) is 145 cm³/mol. The van der Waals surface area contributed by atoms with Gasteiger partial charge in [0, 0.05) is 31.1 Å². The van der Waals surface area contributed by atoms with E-state index in [9.17, 15) is 19.2 Å². The third-order valence-corrected chi connectivity index (χ3v) is 7.10. The first-order valence-corrected chi connectivity index (χ1v) is 13.8. The number of amides is 4. The summed E-state index contributed by atoms with van der Waals surface area (Å²) >= 11 is 1.57. The van der Waals surface area contributed by atoms with Gasteiger partial charge in [-0.05, 0) is 37.8 Å². The number of para-hydroxylation sites is 1. The number of nitrogens with zero attached hydrogens (tertiary/aromatic N) is 2. The van der Waals surface area contributed by atoms with Gasteiger partial charge in [0.25, 0.3) is 5.91 Å². The van der Waals surface area contributed by atoms with Gasteiger partial charge in [-0.15, -0.1) is 11.3 Å². The minimum atomic E-state index is -1.13. The molecule has 1 aromatic heterocycles. The van der Waals surface area contributed by atoms with Gasteiger partial charge in [0.15, 0.2) is 0 Å². The largest absolute Gasteiger partial charge is 0.491 e. The van der Waals surface area contributed by atoms with Crippen LogP contribution in [0.5, 0.6) is 5.75 Å². The molecule has 0 aliphatic carbocycles. The fourth-order valence-corrected chi connectivity index (χ4v) is 4.94. The Morgan fingerprint density at radius 2 is 2.00 bits per heavy atom. The highest BCUT2D eigenvalue weighted by molar-refractivity contribution is 7.09. The van der Waals surface area contributed by atoms with Crippen LogP contribution in [-0.4, -0.2) is 72.3 Å². The van der Waals surface area contributed by atoms with Crippen LogP contribution in [0, 0.1) is 12.8 Å². The van der Waals surface area contributed by atoms with Gasteiger partial charge in [0.05, 0.1) is 23.5 Å². The maximum atomic E-state index is 13.2. The Labute approximate surface area is 227 Å². The van der Waals surface area contributed by atoms with Crippen LogP contribution in [0.2, 0.25) is 0 Å². The number of hydrogen-bond donors (Lipinski definition) is 3. The summed E-state index contributed by atoms with van der Waals surface area (Å²) in [6.45, 7) is 6.68. The zero-order chi connectivity index (χ0) is 27.7. The second-order valence-corrected chi connectivity index (χ2v) is 10.8. The van der Waals surface area contributed by atoms with E-state index in [1.54, 1.807) is 42.6 Å². The Hall–Kier alpha value is -3.47. The molecule has 1 aromatic carbocycles. The van der Waals surface area contributed by atoms with Gasteiger partial charge in [0.2, 0.25) is 17.7 Å². The molecule has 11 heteroatoms. The quantitative estimate of drug-likeness (QED) is 0.459. The number of aryl methyl sites for hydroxylation is 2. The topological polar surface area (TPSA) is 130 Å². The highest BCUT2D eigenvalue weighted by atomic mass is 32.1. The van der Waals surface area contributed by atoms with Crippen molar-refractivity contribution in [2.45, 2.75) is 58.5 Å². The number of carbonyl (C=O) groups excluding carboxylic acids is 4. The summed E-state index contributed by atoms with van der Waals surface area (Å²) in [6, 6.07) is 4.81. The molecule has 0 saturated heterocycles. The van der Waals surface area contributed by atoms with Crippen LogP contribution < -0.4 is 20.7 Å². The van der Waals surface area contributed by atoms with Crippen molar-refractivity contribution in [2.24, 2.45) is 5.92 Å². The maximum absolute atomic E-state index is 13.2. The number of fused-ring (bicyclic) bond motifs is 1. The average Bonchev–Trinajstić information content (AvgIpc) is 3.29. The van der Waals surface area contributed by atoms with Crippen molar-refractivity contribution in [1.82, 2.24) is 25.8 Å². The minimum Gasteiger partial charge on any atom is -0.491 e. The number of benzene rings is 1. The number of hydrogen-bond acceptors (Lipinski definition) is 7. The number of likely N-dealkylation sites (N-methyl/N-ethyl adjacent to an activating group) is 1. The first-order valence-electron chi connectivity index (χ1n) is 12.9. The Morgan fingerprint density at radius 1 is 1.24 bits per heavy atom. The van der Waals surface area contributed by atoms with E-state index in [0.717, 1.165) is 10.7 Å². The molecule has 0 spiro atoms. The molecule has 0 radical (unpaired) electrons. The number of rotatable bonds is 7. The molecule has 2 aromatic rings. The van der Waals surface area contributed by atoms with E-state index in [-0.39, 0.29) is 37.0 Å². The van der Waals surface area contributed by atoms with Gasteiger partial charge in [0.1, 0.15) is 24.4 Å². The molecule has 0 unspecified atom stereocenters. The van der Waals surface area contributed by atoms with Crippen molar-refractivity contribution in [1.29, 1.82) is 0 Å². The van der Waals surface area contributed by atoms with E-state index in [1.165, 1.54) is 4.90 Å². The molecule has 10 nitrogen and oxygen atoms in total. The average molecular weight is 544 g/mol. The normalized spacial score (nSPS) is 19.2. The van der Waals surface area contributed by atoms with E-state index >= 15 is 0 Å². The van der Waals surface area contributed by atoms with Crippen LogP contribution in [0.15, 0.2) is 29.6 Å². The summed E-state index contributed by atoms with van der Waals surface area (Å²) in [6.07, 6.45) is 1.52. The van der Waals surface area contributed by atoms with Crippen molar-refractivity contribution in [2.75, 3.05) is 26.7 Å². The number of nitrogens with one attached hydrogen (secondary N) is 3. The number of carbonyl (C=O) groups is 4. The monoisotopic (exact) mass is 543 g/mol. The Balaban J connectivity index is 1.77. The second-order valence-electron chi connectivity index (χ2n) is 9.86. The molecule has 2 heterocycles. The predicted octanol–water partition coefficient (Wildman–Crippen LogP) is 2.07. The van der Waals surface area contributed by atoms with E-state index < -0.39 is 29.8 Å². The summed E-state index contributed by atoms with van der Waals surface area (Å²) in [5, 5.41) is 11.3. The third-order valence-electron chi connectivity index (χ3n) is 6.08. The number of aromatic nitrogens is 1. The van der Waals surface area contributed by atoms with Crippen molar-refractivity contribution in [3.63, 3.8) is 0 Å². The fraction of sp³-hybridized carbons (Fsp3) is 0.519. The van der Waals surface area contributed by atoms with Crippen LogP contribution in [0.1, 0.15) is 54.2 Å². The van der Waals surface area contributed by atoms with Crippen molar-refractivity contribution < 1.29 is 23.9 Å². The van der Waals surface area contributed by atoms with Crippen LogP contribution in [0.4, 0.5) is 0 Å². The van der Waals surface area contributed by atoms with Crippen LogP contribution in [0.25, 0.3) is 0 Å². The summed E-state index contributed by atoms with van der Waals surface area (Å²) in [4.78, 5) is 58.3. The molecule has 0 saturated carbocycles. The molecular formula is C27H37N5O5S. The molecule has 1 aliphatic rings. The van der Waals surface area contributed by atoms with E-state index in [2.05, 4.69) is 20.9 Å². The first-order chi connectivity index (χ1) is 18.1. The number of ether oxygens (including phenoxy) is 1. The van der Waals surface area contributed by atoms with Gasteiger partial charge in [-0.3, -0.25) is 19.2 Å². The van der Waals surface area contributed by atoms with Crippen LogP contribution in [0.3, 0.4) is 0 Å². The molecule has 4 amide bonds. The molecule has 1 aliphatic heterocycles. The lowest BCUT2D eigenvalue weighted by molar-refractivity contribution is -0.136. The zero-order valence-corrected chi connectivity index (χ0v) is 23.2. The SMILES string of the molecule is Cc1csc(CCCNC(=O)[C@@H]2CC(=O)N[C@H](CC(C)C)C(=O)N(C)CCOc3ccccc3C(=O)N2)n1. The lowest BCUT2D eigenvalue weighted by Crippen LogP contribution is -2.53. The molecule has 206 valence electrons. The Kier molecular flexibility index (Phi) is 10.6. The van der Waals surface area contributed by atoms with Gasteiger partial charge < -0.3 is 25.6 Å². The van der Waals surface area contributed by atoms with Crippen molar-refractivity contribution in [3.8, 4) is 5.75 Å². The third kappa shape index (κ3) is 8.54. The molecule has 0 bridgehead atoms. The molecule has 3 rings (SSSR count). The summed E-state index contributed by atoms with van der Waals surface area (Å²) in [5.41, 5.74) is 1.21. The Morgan fingerprint density at radius 3 is 2.71 bits per heavy atom. The van der Waals surface area contributed by atoms with Gasteiger partial charge >= 0.3 is 0 Å². The van der Waals surface area contributed by atoms with E-state index in [1.807, 2.05) is 26.2 Å². The van der Waals surface area contributed by atoms with E-state index in [4.69, 9.17) is 4.74 Å². The molecule has 3 N–H and O–H groups in total. The maximum Gasteiger partial charge on any atom is 0.255 e. The summed E-state index contributed by atoms with van der Waals surface area (Å²) in [7, 11) is 1.65. The molecular weight excluding hydrogens is 506 g/mol. The van der Waals surface area contributed by atoms with Crippen LogP contribution >= 0.6 is 11.3 Å². The Bertz CT molecular complexity index is 1130. The number of thiazole rings is 1. The highest BCUT2D eigenvalue weighted by Gasteiger charge is 2.30. The molecule has 38 heavy (non-hydrogen) atoms. The molecule has 0 fully saturated rings. The van der Waals surface area contributed by atoms with E-state index in [0.29, 0.717) is 31.6 Å². The fourth-order valence-electron chi connectivity index (χ4n) is 4.12. The van der Waals surface area contributed by atoms with Crippen molar-refractivity contribution in [3.05, 3.63) is 45.9 Å². The van der Waals surface area contributed by atoms with Gasteiger partial charge in [-0.25, -0.2) is 4.98 Å².